The zero-order valence-corrected chi connectivity index (χ0v) is 15.7. The van der Waals surface area contributed by atoms with Crippen LogP contribution in [0.4, 0.5) is 5.69 Å². The molecule has 0 heterocycles. The molecule has 0 radical (unpaired) electrons. The molecule has 1 aromatic carbocycles. The van der Waals surface area contributed by atoms with Gasteiger partial charge in [0.05, 0.1) is 18.2 Å². The van der Waals surface area contributed by atoms with Gasteiger partial charge in [-0.3, -0.25) is 9.59 Å². The maximum Gasteiger partial charge on any atom is 0.251 e. The van der Waals surface area contributed by atoms with Crippen molar-refractivity contribution in [3.63, 3.8) is 0 Å². The first kappa shape index (κ1) is 20.1. The summed E-state index contributed by atoms with van der Waals surface area (Å²) in [4.78, 5) is 24.2. The van der Waals surface area contributed by atoms with E-state index in [0.29, 0.717) is 12.0 Å². The van der Waals surface area contributed by atoms with Gasteiger partial charge in [0.2, 0.25) is 5.91 Å². The van der Waals surface area contributed by atoms with Crippen LogP contribution in [0.5, 0.6) is 0 Å². The van der Waals surface area contributed by atoms with E-state index in [1.807, 2.05) is 30.3 Å². The van der Waals surface area contributed by atoms with Crippen molar-refractivity contribution in [2.75, 3.05) is 5.32 Å². The number of hydrogen-bond donors (Lipinski definition) is 3. The highest BCUT2D eigenvalue weighted by atomic mass is 16.5. The van der Waals surface area contributed by atoms with E-state index < -0.39 is 6.10 Å². The highest BCUT2D eigenvalue weighted by Gasteiger charge is 2.35. The minimum Gasteiger partial charge on any atom is -0.369 e. The van der Waals surface area contributed by atoms with Crippen molar-refractivity contribution in [2.45, 2.75) is 64.3 Å². The van der Waals surface area contributed by atoms with Crippen LogP contribution in [-0.4, -0.2) is 36.1 Å². The average Bonchev–Trinajstić information content (AvgIpc) is 2.62. The van der Waals surface area contributed by atoms with E-state index in [9.17, 15) is 9.59 Å². The van der Waals surface area contributed by atoms with Gasteiger partial charge in [-0.05, 0) is 37.5 Å². The van der Waals surface area contributed by atoms with E-state index in [1.165, 1.54) is 6.92 Å². The second-order valence-corrected chi connectivity index (χ2v) is 6.65. The van der Waals surface area contributed by atoms with E-state index in [2.05, 4.69) is 24.5 Å². The fraction of sp³-hybridized carbons (Fsp3) is 0.500. The quantitative estimate of drug-likeness (QED) is 0.697. The zero-order chi connectivity index (χ0) is 19.1. The molecule has 2 amide bonds. The number of benzene rings is 1. The number of ether oxygens (including phenoxy) is 1. The number of anilines is 1. The summed E-state index contributed by atoms with van der Waals surface area (Å²) < 4.78 is 6.15. The Hall–Kier alpha value is -2.18. The Balaban J connectivity index is 2.20. The minimum absolute atomic E-state index is 0.0521. The molecule has 0 saturated carbocycles. The third-order valence-electron chi connectivity index (χ3n) is 4.59. The Morgan fingerprint density at radius 1 is 1.23 bits per heavy atom. The summed E-state index contributed by atoms with van der Waals surface area (Å²) in [5.41, 5.74) is 7.59. The van der Waals surface area contributed by atoms with Crippen LogP contribution in [0, 0.1) is 0 Å². The predicted octanol–water partition coefficient (Wildman–Crippen LogP) is 2.36. The molecule has 142 valence electrons. The number of amides is 2. The molecular formula is C20H29N3O3. The molecule has 1 aliphatic rings. The van der Waals surface area contributed by atoms with Gasteiger partial charge >= 0.3 is 0 Å². The van der Waals surface area contributed by atoms with Gasteiger partial charge in [0.1, 0.15) is 0 Å². The standard InChI is InChI=1S/C20H29N3O3/c1-4-16(5-2)26-18-12-14(11-17(21)19(18)22-13(3)24)20(25)23-15-9-7-6-8-10-15/h6-10,12,16-19H,4-5,11,21H2,1-3H3,(H,22,24)(H,23,25)/t17-,18+,19+/m0/s1. The van der Waals surface area contributed by atoms with Crippen molar-refractivity contribution in [2.24, 2.45) is 5.73 Å². The number of carbonyl (C=O) groups excluding carboxylic acids is 2. The highest BCUT2D eigenvalue weighted by molar-refractivity contribution is 6.04. The van der Waals surface area contributed by atoms with Gasteiger partial charge in [0.15, 0.2) is 0 Å². The number of nitrogens with one attached hydrogen (secondary N) is 2. The lowest BCUT2D eigenvalue weighted by molar-refractivity contribution is -0.121. The molecule has 4 N–H and O–H groups in total. The lowest BCUT2D eigenvalue weighted by Gasteiger charge is -2.36. The van der Waals surface area contributed by atoms with Crippen LogP contribution in [0.1, 0.15) is 40.0 Å². The van der Waals surface area contributed by atoms with Gasteiger partial charge < -0.3 is 21.1 Å². The third kappa shape index (κ3) is 5.41. The highest BCUT2D eigenvalue weighted by Crippen LogP contribution is 2.24. The predicted molar refractivity (Wildman–Crippen MR) is 103 cm³/mol. The number of rotatable bonds is 7. The summed E-state index contributed by atoms with van der Waals surface area (Å²) in [6.07, 6.45) is 3.52. The van der Waals surface area contributed by atoms with E-state index in [-0.39, 0.29) is 30.0 Å². The normalized spacial score (nSPS) is 22.7. The summed E-state index contributed by atoms with van der Waals surface area (Å²) in [7, 11) is 0. The first-order valence-electron chi connectivity index (χ1n) is 9.19. The van der Waals surface area contributed by atoms with Gasteiger partial charge in [-0.15, -0.1) is 0 Å². The molecule has 3 atom stereocenters. The number of para-hydroxylation sites is 1. The lowest BCUT2D eigenvalue weighted by Crippen LogP contribution is -2.57. The van der Waals surface area contributed by atoms with Gasteiger partial charge in [0, 0.05) is 24.2 Å². The fourth-order valence-corrected chi connectivity index (χ4v) is 3.15. The SMILES string of the molecule is CCC(CC)O[C@@H]1C=C(C(=O)Nc2ccccc2)C[C@H](N)[C@H]1NC(C)=O. The maximum absolute atomic E-state index is 12.6. The van der Waals surface area contributed by atoms with E-state index in [0.717, 1.165) is 18.5 Å². The molecule has 1 aliphatic carbocycles. The van der Waals surface area contributed by atoms with E-state index >= 15 is 0 Å². The molecular weight excluding hydrogens is 330 g/mol. The molecule has 1 aromatic rings. The molecule has 0 aromatic heterocycles. The van der Waals surface area contributed by atoms with Gasteiger partial charge in [-0.1, -0.05) is 32.0 Å². The fourth-order valence-electron chi connectivity index (χ4n) is 3.15. The van der Waals surface area contributed by atoms with Crippen LogP contribution >= 0.6 is 0 Å². The van der Waals surface area contributed by atoms with Gasteiger partial charge in [-0.2, -0.15) is 0 Å². The number of carbonyl (C=O) groups is 2. The van der Waals surface area contributed by atoms with Crippen molar-refractivity contribution in [3.8, 4) is 0 Å². The lowest BCUT2D eigenvalue weighted by atomic mass is 9.87. The topological polar surface area (TPSA) is 93.4 Å². The second kappa shape index (κ2) is 9.50. The first-order chi connectivity index (χ1) is 12.4. The van der Waals surface area contributed by atoms with Crippen molar-refractivity contribution in [1.82, 2.24) is 5.32 Å². The minimum atomic E-state index is -0.427. The molecule has 26 heavy (non-hydrogen) atoms. The monoisotopic (exact) mass is 359 g/mol. The Labute approximate surface area is 155 Å². The zero-order valence-electron chi connectivity index (χ0n) is 15.7. The molecule has 6 nitrogen and oxygen atoms in total. The molecule has 0 saturated heterocycles. The Morgan fingerprint density at radius 2 is 1.88 bits per heavy atom. The third-order valence-corrected chi connectivity index (χ3v) is 4.59. The van der Waals surface area contributed by atoms with Crippen molar-refractivity contribution < 1.29 is 14.3 Å². The molecule has 2 rings (SSSR count). The summed E-state index contributed by atoms with van der Waals surface area (Å²) in [5.74, 6) is -0.347. The summed E-state index contributed by atoms with van der Waals surface area (Å²) in [6, 6.07) is 8.55. The Bertz CT molecular complexity index is 641. The largest absolute Gasteiger partial charge is 0.369 e. The van der Waals surface area contributed by atoms with Crippen LogP contribution < -0.4 is 16.4 Å². The van der Waals surface area contributed by atoms with Crippen molar-refractivity contribution in [1.29, 1.82) is 0 Å². The van der Waals surface area contributed by atoms with Gasteiger partial charge in [0.25, 0.3) is 5.91 Å². The first-order valence-corrected chi connectivity index (χ1v) is 9.19. The average molecular weight is 359 g/mol. The van der Waals surface area contributed by atoms with Crippen molar-refractivity contribution >= 4 is 17.5 Å². The Morgan fingerprint density at radius 3 is 2.46 bits per heavy atom. The second-order valence-electron chi connectivity index (χ2n) is 6.65. The number of nitrogens with two attached hydrogens (primary N) is 1. The van der Waals surface area contributed by atoms with E-state index in [4.69, 9.17) is 10.5 Å². The smallest absolute Gasteiger partial charge is 0.251 e. The van der Waals surface area contributed by atoms with Crippen LogP contribution in [0.15, 0.2) is 42.0 Å². The molecule has 0 spiro atoms. The molecule has 0 aliphatic heterocycles. The van der Waals surface area contributed by atoms with Crippen LogP contribution in [-0.2, 0) is 14.3 Å². The summed E-state index contributed by atoms with van der Waals surface area (Å²) in [6.45, 7) is 5.57. The summed E-state index contributed by atoms with van der Waals surface area (Å²) >= 11 is 0. The number of hydrogen-bond acceptors (Lipinski definition) is 4. The van der Waals surface area contributed by atoms with Crippen molar-refractivity contribution in [3.05, 3.63) is 42.0 Å². The molecule has 6 heteroatoms. The van der Waals surface area contributed by atoms with Crippen LogP contribution in [0.3, 0.4) is 0 Å². The molecule has 0 bridgehead atoms. The van der Waals surface area contributed by atoms with Crippen LogP contribution in [0.2, 0.25) is 0 Å². The summed E-state index contributed by atoms with van der Waals surface area (Å²) in [5, 5.41) is 5.76. The maximum atomic E-state index is 12.6. The molecule has 0 unspecified atom stereocenters. The van der Waals surface area contributed by atoms with Gasteiger partial charge in [-0.25, -0.2) is 0 Å². The van der Waals surface area contributed by atoms with Crippen LogP contribution in [0.25, 0.3) is 0 Å². The molecule has 0 fully saturated rings. The van der Waals surface area contributed by atoms with E-state index in [1.54, 1.807) is 6.08 Å². The Kier molecular flexibility index (Phi) is 7.36.